The Kier molecular flexibility index (Phi) is 5.22. The highest BCUT2D eigenvalue weighted by Crippen LogP contribution is 2.33. The fraction of sp³-hybridized carbons (Fsp3) is 0.125. The number of aromatic nitrogens is 3. The average Bonchev–Trinajstić information content (AvgIpc) is 2.72. The Morgan fingerprint density at radius 3 is 2.52 bits per heavy atom. The summed E-state index contributed by atoms with van der Waals surface area (Å²) < 4.78 is 16.2. The van der Waals surface area contributed by atoms with Crippen LogP contribution in [0.3, 0.4) is 0 Å². The van der Waals surface area contributed by atoms with Crippen molar-refractivity contribution in [2.24, 2.45) is 0 Å². The third-order valence-electron chi connectivity index (χ3n) is 5.03. The Morgan fingerprint density at radius 1 is 1.06 bits per heavy atom. The molecule has 0 spiro atoms. The van der Waals surface area contributed by atoms with Gasteiger partial charge in [0, 0.05) is 29.1 Å². The lowest BCUT2D eigenvalue weighted by Gasteiger charge is -2.28. The van der Waals surface area contributed by atoms with E-state index in [4.69, 9.17) is 11.6 Å². The number of hydrogen-bond acceptors (Lipinski definition) is 3. The zero-order valence-corrected chi connectivity index (χ0v) is 17.5. The van der Waals surface area contributed by atoms with Crippen molar-refractivity contribution in [3.63, 3.8) is 0 Å². The van der Waals surface area contributed by atoms with Crippen LogP contribution in [0.15, 0.2) is 70.5 Å². The molecule has 0 fully saturated rings. The molecule has 0 atom stereocenters. The summed E-state index contributed by atoms with van der Waals surface area (Å²) in [6.07, 6.45) is 3.23. The molecule has 31 heavy (non-hydrogen) atoms. The molecule has 1 N–H and O–H groups in total. The summed E-state index contributed by atoms with van der Waals surface area (Å²) in [6.45, 7) is 3.15. The maximum atomic E-state index is 15.2. The van der Waals surface area contributed by atoms with Crippen molar-refractivity contribution >= 4 is 22.5 Å². The number of hydrogen-bond donors (Lipinski definition) is 1. The quantitative estimate of drug-likeness (QED) is 0.485. The predicted octanol–water partition coefficient (Wildman–Crippen LogP) is 4.06. The van der Waals surface area contributed by atoms with Gasteiger partial charge in [0.2, 0.25) is 0 Å². The van der Waals surface area contributed by atoms with Crippen LogP contribution in [-0.4, -0.2) is 14.5 Å². The van der Waals surface area contributed by atoms with E-state index >= 15 is 4.39 Å². The van der Waals surface area contributed by atoms with Gasteiger partial charge in [-0.05, 0) is 50.2 Å². The third kappa shape index (κ3) is 3.76. The van der Waals surface area contributed by atoms with E-state index in [0.29, 0.717) is 22.0 Å². The van der Waals surface area contributed by atoms with Gasteiger partial charge in [0.05, 0.1) is 21.5 Å². The van der Waals surface area contributed by atoms with Crippen LogP contribution >= 0.6 is 11.6 Å². The van der Waals surface area contributed by atoms with Crippen LogP contribution in [-0.2, 0) is 5.54 Å². The molecule has 7 heteroatoms. The Hall–Kier alpha value is -3.69. The molecule has 4 aromatic rings. The van der Waals surface area contributed by atoms with Crippen molar-refractivity contribution in [3.05, 3.63) is 109 Å². The van der Waals surface area contributed by atoms with Gasteiger partial charge >= 0.3 is 5.69 Å². The van der Waals surface area contributed by atoms with Crippen molar-refractivity contribution in [2.45, 2.75) is 19.4 Å². The highest BCUT2D eigenvalue weighted by molar-refractivity contribution is 6.31. The van der Waals surface area contributed by atoms with Crippen LogP contribution in [0.4, 0.5) is 4.39 Å². The molecule has 0 unspecified atom stereocenters. The van der Waals surface area contributed by atoms with E-state index in [1.165, 1.54) is 12.1 Å². The number of H-pyrrole nitrogens is 1. The summed E-state index contributed by atoms with van der Waals surface area (Å²) in [4.78, 5) is 32.5. The van der Waals surface area contributed by atoms with Crippen molar-refractivity contribution in [3.8, 4) is 11.8 Å². The van der Waals surface area contributed by atoms with Crippen LogP contribution in [0, 0.1) is 17.7 Å². The summed E-state index contributed by atoms with van der Waals surface area (Å²) in [6, 6.07) is 13.0. The maximum absolute atomic E-state index is 15.2. The number of nitrogens with zero attached hydrogens (tertiary/aromatic N) is 2. The second-order valence-corrected chi connectivity index (χ2v) is 7.89. The second-order valence-electron chi connectivity index (χ2n) is 7.48. The summed E-state index contributed by atoms with van der Waals surface area (Å²) >= 11 is 6.43. The van der Waals surface area contributed by atoms with E-state index in [0.717, 1.165) is 4.57 Å². The standard InChI is InChI=1S/C24H17ClFN3O2/c1-24(2,29-22(30)17-7-3-4-8-20(17)28-23(29)31)21-18(25)12-16(13-19(21)26)10-9-15-6-5-11-27-14-15/h3-8,11-14H,1-2H3,(H,28,31). The first-order chi connectivity index (χ1) is 14.8. The third-order valence-corrected chi connectivity index (χ3v) is 5.33. The fourth-order valence-corrected chi connectivity index (χ4v) is 4.03. The Balaban J connectivity index is 1.85. The highest BCUT2D eigenvalue weighted by atomic mass is 35.5. The van der Waals surface area contributed by atoms with E-state index in [-0.39, 0.29) is 10.6 Å². The molecule has 2 aromatic heterocycles. The molecular weight excluding hydrogens is 417 g/mol. The molecule has 2 heterocycles. The first kappa shape index (κ1) is 20.6. The van der Waals surface area contributed by atoms with E-state index in [2.05, 4.69) is 21.8 Å². The van der Waals surface area contributed by atoms with Crippen molar-refractivity contribution in [2.75, 3.05) is 0 Å². The van der Waals surface area contributed by atoms with Gasteiger partial charge in [0.1, 0.15) is 5.82 Å². The number of aromatic amines is 1. The summed E-state index contributed by atoms with van der Waals surface area (Å²) in [5, 5.41) is 0.394. The van der Waals surface area contributed by atoms with Crippen LogP contribution in [0.5, 0.6) is 0 Å². The summed E-state index contributed by atoms with van der Waals surface area (Å²) in [5.41, 5.74) is -1.04. The van der Waals surface area contributed by atoms with Crippen molar-refractivity contribution in [1.82, 2.24) is 14.5 Å². The zero-order valence-electron chi connectivity index (χ0n) is 16.7. The van der Waals surface area contributed by atoms with E-state index in [1.807, 2.05) is 0 Å². The van der Waals surface area contributed by atoms with Crippen molar-refractivity contribution < 1.29 is 4.39 Å². The van der Waals surface area contributed by atoms with Crippen LogP contribution in [0.2, 0.25) is 5.02 Å². The SMILES string of the molecule is CC(C)(c1c(F)cc(C#Cc2cccnc2)cc1Cl)n1c(=O)[nH]c2ccccc2c1=O. The lowest BCUT2D eigenvalue weighted by molar-refractivity contribution is 0.387. The van der Waals surface area contributed by atoms with Gasteiger partial charge < -0.3 is 4.98 Å². The van der Waals surface area contributed by atoms with E-state index in [1.54, 1.807) is 62.6 Å². The number of fused-ring (bicyclic) bond motifs is 1. The molecule has 0 aliphatic heterocycles. The second kappa shape index (κ2) is 7.86. The Labute approximate surface area is 182 Å². The van der Waals surface area contributed by atoms with Gasteiger partial charge in [-0.2, -0.15) is 0 Å². The van der Waals surface area contributed by atoms with Gasteiger partial charge in [-0.25, -0.2) is 13.8 Å². The largest absolute Gasteiger partial charge is 0.329 e. The van der Waals surface area contributed by atoms with E-state index < -0.39 is 22.6 Å². The molecular formula is C24H17ClFN3O2. The number of para-hydroxylation sites is 1. The monoisotopic (exact) mass is 433 g/mol. The molecule has 0 saturated heterocycles. The molecule has 2 aromatic carbocycles. The van der Waals surface area contributed by atoms with Gasteiger partial charge in [-0.1, -0.05) is 35.6 Å². The lowest BCUT2D eigenvalue weighted by Crippen LogP contribution is -2.47. The lowest BCUT2D eigenvalue weighted by atomic mass is 9.92. The predicted molar refractivity (Wildman–Crippen MR) is 119 cm³/mol. The van der Waals surface area contributed by atoms with Gasteiger partial charge in [0.25, 0.3) is 5.56 Å². The molecule has 5 nitrogen and oxygen atoms in total. The zero-order chi connectivity index (χ0) is 22.2. The summed E-state index contributed by atoms with van der Waals surface area (Å²) in [5.74, 6) is 5.09. The molecule has 0 aliphatic rings. The first-order valence-corrected chi connectivity index (χ1v) is 9.83. The number of rotatable bonds is 2. The number of halogens is 2. The van der Waals surface area contributed by atoms with E-state index in [9.17, 15) is 9.59 Å². The minimum atomic E-state index is -1.36. The van der Waals surface area contributed by atoms with Crippen LogP contribution < -0.4 is 11.2 Å². The minimum Gasteiger partial charge on any atom is -0.307 e. The Bertz CT molecular complexity index is 1460. The fourth-order valence-electron chi connectivity index (χ4n) is 3.59. The molecule has 0 bridgehead atoms. The number of pyridine rings is 1. The van der Waals surface area contributed by atoms with Crippen LogP contribution in [0.25, 0.3) is 10.9 Å². The maximum Gasteiger partial charge on any atom is 0.329 e. The van der Waals surface area contributed by atoms with Gasteiger partial charge in [-0.3, -0.25) is 9.78 Å². The molecule has 0 radical (unpaired) electrons. The molecule has 154 valence electrons. The molecule has 0 saturated carbocycles. The molecule has 0 aliphatic carbocycles. The van der Waals surface area contributed by atoms with Gasteiger partial charge in [0.15, 0.2) is 0 Å². The normalized spacial score (nSPS) is 11.2. The van der Waals surface area contributed by atoms with Gasteiger partial charge in [-0.15, -0.1) is 0 Å². The van der Waals surface area contributed by atoms with Crippen molar-refractivity contribution in [1.29, 1.82) is 0 Å². The minimum absolute atomic E-state index is 0.0315. The Morgan fingerprint density at radius 2 is 1.81 bits per heavy atom. The number of benzene rings is 2. The average molecular weight is 434 g/mol. The number of nitrogens with one attached hydrogen (secondary N) is 1. The van der Waals surface area contributed by atoms with Crippen LogP contribution in [0.1, 0.15) is 30.5 Å². The smallest absolute Gasteiger partial charge is 0.307 e. The molecule has 4 rings (SSSR count). The highest BCUT2D eigenvalue weighted by Gasteiger charge is 2.32. The molecule has 0 amide bonds. The first-order valence-electron chi connectivity index (χ1n) is 9.45. The summed E-state index contributed by atoms with van der Waals surface area (Å²) in [7, 11) is 0. The topological polar surface area (TPSA) is 67.8 Å².